The van der Waals surface area contributed by atoms with Crippen molar-refractivity contribution < 1.29 is 19.4 Å². The number of aliphatic hydroxyl groups excluding tert-OH is 1. The van der Waals surface area contributed by atoms with Crippen molar-refractivity contribution in [2.75, 3.05) is 13.2 Å². The number of hydrogen-bond donors (Lipinski definition) is 2. The van der Waals surface area contributed by atoms with Gasteiger partial charge in [0.15, 0.2) is 10.8 Å². The molecular formula is C13H23NO4S. The molecule has 2 unspecified atom stereocenters. The van der Waals surface area contributed by atoms with E-state index in [0.717, 1.165) is 12.8 Å². The zero-order chi connectivity index (χ0) is 14.3. The van der Waals surface area contributed by atoms with Crippen LogP contribution in [-0.2, 0) is 14.3 Å². The maximum Gasteiger partial charge on any atom is 0.194 e. The lowest BCUT2D eigenvalue weighted by Gasteiger charge is -2.26. The van der Waals surface area contributed by atoms with Gasteiger partial charge in [-0.25, -0.2) is 0 Å². The Bertz CT molecular complexity index is 363. The van der Waals surface area contributed by atoms with E-state index in [1.54, 1.807) is 0 Å². The van der Waals surface area contributed by atoms with Gasteiger partial charge in [0.1, 0.15) is 12.2 Å². The van der Waals surface area contributed by atoms with Crippen LogP contribution in [0.3, 0.4) is 0 Å². The molecule has 2 rings (SSSR count). The van der Waals surface area contributed by atoms with E-state index in [-0.39, 0.29) is 22.4 Å². The molecule has 0 radical (unpaired) electrons. The molecule has 110 valence electrons. The Morgan fingerprint density at radius 1 is 1.53 bits per heavy atom. The number of fused-ring (bicyclic) bond motifs is 1. The number of aliphatic hydroxyl groups is 1. The van der Waals surface area contributed by atoms with Crippen molar-refractivity contribution in [1.29, 1.82) is 0 Å². The third-order valence-corrected chi connectivity index (χ3v) is 5.37. The van der Waals surface area contributed by atoms with Gasteiger partial charge in [0.05, 0.1) is 18.5 Å². The summed E-state index contributed by atoms with van der Waals surface area (Å²) in [5.74, 6) is 0. The molecule has 0 spiro atoms. The number of thioether (sulfide) groups is 1. The summed E-state index contributed by atoms with van der Waals surface area (Å²) >= 11 is 1.25. The Morgan fingerprint density at radius 3 is 2.84 bits per heavy atom. The summed E-state index contributed by atoms with van der Waals surface area (Å²) in [5.41, 5.74) is 4.52. The fourth-order valence-corrected chi connectivity index (χ4v) is 3.90. The molecule has 0 aromatic heterocycles. The van der Waals surface area contributed by atoms with Gasteiger partial charge in [-0.3, -0.25) is 10.5 Å². The highest BCUT2D eigenvalue weighted by atomic mass is 32.2. The molecule has 0 aromatic rings. The Kier molecular flexibility index (Phi) is 4.28. The number of ether oxygens (including phenoxy) is 2. The van der Waals surface area contributed by atoms with Gasteiger partial charge < -0.3 is 14.6 Å². The Balaban J connectivity index is 2.00. The van der Waals surface area contributed by atoms with Gasteiger partial charge in [0.25, 0.3) is 0 Å². The fraction of sp³-hybridized carbons (Fsp3) is 0.923. The van der Waals surface area contributed by atoms with E-state index in [4.69, 9.17) is 15.2 Å². The van der Waals surface area contributed by atoms with Crippen LogP contribution in [-0.4, -0.2) is 46.6 Å². The van der Waals surface area contributed by atoms with Crippen LogP contribution in [0, 0.1) is 5.41 Å². The molecule has 0 aromatic carbocycles. The third kappa shape index (κ3) is 2.69. The zero-order valence-electron chi connectivity index (χ0n) is 11.7. The first-order valence-corrected chi connectivity index (χ1v) is 7.63. The van der Waals surface area contributed by atoms with Gasteiger partial charge in [0.2, 0.25) is 0 Å². The number of nitrogens with two attached hydrogens (primary N) is 1. The molecule has 2 heterocycles. The van der Waals surface area contributed by atoms with E-state index >= 15 is 0 Å². The van der Waals surface area contributed by atoms with Crippen LogP contribution >= 0.6 is 11.8 Å². The van der Waals surface area contributed by atoms with Crippen molar-refractivity contribution in [3.8, 4) is 0 Å². The van der Waals surface area contributed by atoms with E-state index in [9.17, 15) is 9.90 Å². The first-order chi connectivity index (χ1) is 8.81. The van der Waals surface area contributed by atoms with Gasteiger partial charge in [-0.1, -0.05) is 39.0 Å². The maximum absolute atomic E-state index is 12.3. The average Bonchev–Trinajstić information content (AvgIpc) is 2.78. The quantitative estimate of drug-likeness (QED) is 0.800. The first kappa shape index (κ1) is 15.3. The minimum absolute atomic E-state index is 0.134. The van der Waals surface area contributed by atoms with Gasteiger partial charge in [-0.2, -0.15) is 0 Å². The normalized spacial score (nSPS) is 38.5. The number of carbonyl (C=O) groups excluding carboxylic acids is 1. The summed E-state index contributed by atoms with van der Waals surface area (Å²) in [7, 11) is 0. The molecule has 0 amide bonds. The summed E-state index contributed by atoms with van der Waals surface area (Å²) in [6.07, 6.45) is 0.601. The molecule has 6 heteroatoms. The molecule has 2 aliphatic rings. The second kappa shape index (κ2) is 5.33. The van der Waals surface area contributed by atoms with E-state index in [1.807, 2.05) is 13.8 Å². The number of rotatable bonds is 4. The lowest BCUT2D eigenvalue weighted by Crippen LogP contribution is -2.54. The molecular weight excluding hydrogens is 266 g/mol. The summed E-state index contributed by atoms with van der Waals surface area (Å²) in [4.78, 5) is 12.3. The Hall–Kier alpha value is -0.140. The molecule has 2 fully saturated rings. The van der Waals surface area contributed by atoms with Crippen LogP contribution < -0.4 is 5.73 Å². The van der Waals surface area contributed by atoms with E-state index in [0.29, 0.717) is 6.61 Å². The maximum atomic E-state index is 12.3. The van der Waals surface area contributed by atoms with Gasteiger partial charge in [-0.05, 0) is 6.42 Å². The minimum atomic E-state index is -1.15. The molecule has 4 atom stereocenters. The van der Waals surface area contributed by atoms with Gasteiger partial charge in [-0.15, -0.1) is 0 Å². The molecule has 0 aliphatic carbocycles. The van der Waals surface area contributed by atoms with Crippen molar-refractivity contribution in [1.82, 2.24) is 0 Å². The first-order valence-electron chi connectivity index (χ1n) is 6.75. The number of carbonyl (C=O) groups is 1. The molecule has 19 heavy (non-hydrogen) atoms. The van der Waals surface area contributed by atoms with Crippen LogP contribution in [0.15, 0.2) is 0 Å². The second-order valence-corrected chi connectivity index (χ2v) is 7.22. The van der Waals surface area contributed by atoms with Crippen molar-refractivity contribution in [2.24, 2.45) is 11.1 Å². The van der Waals surface area contributed by atoms with Gasteiger partial charge in [0, 0.05) is 5.41 Å². The third-order valence-electron chi connectivity index (χ3n) is 3.92. The van der Waals surface area contributed by atoms with Crippen molar-refractivity contribution in [3.63, 3.8) is 0 Å². The largest absolute Gasteiger partial charge is 0.386 e. The van der Waals surface area contributed by atoms with Crippen LogP contribution in [0.4, 0.5) is 0 Å². The zero-order valence-corrected chi connectivity index (χ0v) is 12.5. The standard InChI is InChI=1S/C13H23NO4S/c1-4-5-12(2,3)11(16)19-8-6-18-13(14)9(15)7-17-10(8)13/h8-10,15H,4-7,14H2,1-3H3/t8?,9-,10-,13?/m1/s1. The molecule has 2 saturated heterocycles. The molecule has 2 aliphatic heterocycles. The second-order valence-electron chi connectivity index (χ2n) is 6.01. The van der Waals surface area contributed by atoms with E-state index < -0.39 is 17.9 Å². The van der Waals surface area contributed by atoms with Crippen molar-refractivity contribution in [2.45, 2.75) is 56.8 Å². The van der Waals surface area contributed by atoms with Crippen LogP contribution in [0.2, 0.25) is 0 Å². The summed E-state index contributed by atoms with van der Waals surface area (Å²) in [6.45, 7) is 6.50. The summed E-state index contributed by atoms with van der Waals surface area (Å²) in [6, 6.07) is 0. The average molecular weight is 289 g/mol. The smallest absolute Gasteiger partial charge is 0.194 e. The predicted octanol–water partition coefficient (Wildman–Crippen LogP) is 0.886. The lowest BCUT2D eigenvalue weighted by molar-refractivity contribution is -0.118. The highest BCUT2D eigenvalue weighted by Crippen LogP contribution is 2.41. The van der Waals surface area contributed by atoms with Crippen molar-refractivity contribution in [3.05, 3.63) is 0 Å². The number of hydrogen-bond acceptors (Lipinski definition) is 6. The summed E-state index contributed by atoms with van der Waals surface area (Å²) in [5, 5.41) is 9.79. The predicted molar refractivity (Wildman–Crippen MR) is 73.7 cm³/mol. The van der Waals surface area contributed by atoms with Gasteiger partial charge >= 0.3 is 0 Å². The lowest BCUT2D eigenvalue weighted by atomic mass is 9.90. The van der Waals surface area contributed by atoms with Crippen LogP contribution in [0.1, 0.15) is 33.6 Å². The van der Waals surface area contributed by atoms with E-state index in [1.165, 1.54) is 11.8 Å². The fourth-order valence-electron chi connectivity index (χ4n) is 2.65. The topological polar surface area (TPSA) is 81.8 Å². The monoisotopic (exact) mass is 289 g/mol. The highest BCUT2D eigenvalue weighted by molar-refractivity contribution is 8.14. The van der Waals surface area contributed by atoms with Crippen LogP contribution in [0.5, 0.6) is 0 Å². The summed E-state index contributed by atoms with van der Waals surface area (Å²) < 4.78 is 11.0. The molecule has 0 saturated carbocycles. The molecule has 3 N–H and O–H groups in total. The van der Waals surface area contributed by atoms with Crippen LogP contribution in [0.25, 0.3) is 0 Å². The van der Waals surface area contributed by atoms with Crippen molar-refractivity contribution >= 4 is 16.9 Å². The highest BCUT2D eigenvalue weighted by Gasteiger charge is 2.58. The molecule has 5 nitrogen and oxygen atoms in total. The SMILES string of the molecule is CCCC(C)(C)C(=O)SC1COC2(N)[C@H](O)CO[C@H]12. The van der Waals surface area contributed by atoms with E-state index in [2.05, 4.69) is 6.92 Å². The minimum Gasteiger partial charge on any atom is -0.386 e. The Labute approximate surface area is 118 Å². The Morgan fingerprint density at radius 2 is 2.21 bits per heavy atom. The molecule has 0 bridgehead atoms.